The van der Waals surface area contributed by atoms with Gasteiger partial charge in [-0.1, -0.05) is 0 Å². The van der Waals surface area contributed by atoms with Crippen LogP contribution in [-0.2, 0) is 9.05 Å². The SMILES string of the molecule is CC1CCCCN1C(=O)c1n[nH]c(C2CC2)c1S(=O)(=O)Cl. The zero-order chi connectivity index (χ0) is 15.2. The zero-order valence-corrected chi connectivity index (χ0v) is 13.4. The van der Waals surface area contributed by atoms with E-state index < -0.39 is 9.05 Å². The Kier molecular flexibility index (Phi) is 3.73. The van der Waals surface area contributed by atoms with Gasteiger partial charge in [0.25, 0.3) is 15.0 Å². The summed E-state index contributed by atoms with van der Waals surface area (Å²) in [6.07, 6.45) is 4.73. The van der Waals surface area contributed by atoms with Gasteiger partial charge in [0.1, 0.15) is 4.90 Å². The highest BCUT2D eigenvalue weighted by Crippen LogP contribution is 2.43. The average molecular weight is 332 g/mol. The number of piperidine rings is 1. The van der Waals surface area contributed by atoms with Crippen molar-refractivity contribution in [2.45, 2.75) is 55.9 Å². The summed E-state index contributed by atoms with van der Waals surface area (Å²) in [6, 6.07) is 0.0956. The molecule has 21 heavy (non-hydrogen) atoms. The quantitative estimate of drug-likeness (QED) is 0.861. The van der Waals surface area contributed by atoms with Crippen LogP contribution in [-0.4, -0.2) is 42.0 Å². The van der Waals surface area contributed by atoms with E-state index in [1.54, 1.807) is 4.90 Å². The molecule has 0 bridgehead atoms. The van der Waals surface area contributed by atoms with Gasteiger partial charge in [0, 0.05) is 29.2 Å². The summed E-state index contributed by atoms with van der Waals surface area (Å²) >= 11 is 0. The van der Waals surface area contributed by atoms with Crippen LogP contribution >= 0.6 is 10.7 Å². The number of hydrogen-bond acceptors (Lipinski definition) is 4. The summed E-state index contributed by atoms with van der Waals surface area (Å²) in [5, 5.41) is 6.69. The fraction of sp³-hybridized carbons (Fsp3) is 0.692. The molecule has 2 heterocycles. The minimum atomic E-state index is -4.00. The third-order valence-electron chi connectivity index (χ3n) is 4.24. The molecule has 1 amide bonds. The van der Waals surface area contributed by atoms with Crippen LogP contribution in [0.25, 0.3) is 0 Å². The number of carbonyl (C=O) groups excluding carboxylic acids is 1. The molecule has 0 spiro atoms. The second-order valence-corrected chi connectivity index (χ2v) is 8.37. The lowest BCUT2D eigenvalue weighted by molar-refractivity contribution is 0.0625. The third-order valence-corrected chi connectivity index (χ3v) is 5.61. The summed E-state index contributed by atoms with van der Waals surface area (Å²) in [4.78, 5) is 14.2. The second kappa shape index (κ2) is 5.28. The fourth-order valence-corrected chi connectivity index (χ4v) is 4.23. The van der Waals surface area contributed by atoms with Crippen LogP contribution in [0, 0.1) is 0 Å². The van der Waals surface area contributed by atoms with Crippen LogP contribution in [0.15, 0.2) is 4.90 Å². The first-order valence-corrected chi connectivity index (χ1v) is 9.54. The van der Waals surface area contributed by atoms with Gasteiger partial charge in [-0.15, -0.1) is 0 Å². The number of halogens is 1. The highest BCUT2D eigenvalue weighted by molar-refractivity contribution is 8.13. The van der Waals surface area contributed by atoms with E-state index in [1.165, 1.54) is 0 Å². The average Bonchev–Trinajstić information content (AvgIpc) is 3.15. The molecule has 1 unspecified atom stereocenters. The van der Waals surface area contributed by atoms with E-state index in [0.29, 0.717) is 12.2 Å². The minimum absolute atomic E-state index is 0.0550. The summed E-state index contributed by atoms with van der Waals surface area (Å²) < 4.78 is 23.7. The number of carbonyl (C=O) groups is 1. The van der Waals surface area contributed by atoms with Crippen molar-refractivity contribution in [2.75, 3.05) is 6.54 Å². The molecule has 0 aromatic carbocycles. The van der Waals surface area contributed by atoms with E-state index in [2.05, 4.69) is 10.2 Å². The third kappa shape index (κ3) is 2.81. The van der Waals surface area contributed by atoms with Crippen LogP contribution in [0.5, 0.6) is 0 Å². The molecule has 2 fully saturated rings. The van der Waals surface area contributed by atoms with E-state index >= 15 is 0 Å². The van der Waals surface area contributed by atoms with Crippen LogP contribution in [0.4, 0.5) is 0 Å². The summed E-state index contributed by atoms with van der Waals surface area (Å²) in [5.74, 6) is -0.217. The van der Waals surface area contributed by atoms with Gasteiger partial charge in [-0.25, -0.2) is 8.42 Å². The first kappa shape index (κ1) is 14.8. The first-order chi connectivity index (χ1) is 9.89. The lowest BCUT2D eigenvalue weighted by Gasteiger charge is -2.33. The van der Waals surface area contributed by atoms with Gasteiger partial charge >= 0.3 is 0 Å². The fourth-order valence-electron chi connectivity index (χ4n) is 2.92. The van der Waals surface area contributed by atoms with Crippen molar-refractivity contribution in [3.8, 4) is 0 Å². The molecule has 8 heteroatoms. The Balaban J connectivity index is 2.00. The Morgan fingerprint density at radius 3 is 2.62 bits per heavy atom. The highest BCUT2D eigenvalue weighted by atomic mass is 35.7. The molecule has 1 saturated carbocycles. The maximum Gasteiger partial charge on any atom is 0.276 e. The molecule has 1 atom stereocenters. The number of amides is 1. The van der Waals surface area contributed by atoms with Crippen molar-refractivity contribution in [2.24, 2.45) is 0 Å². The van der Waals surface area contributed by atoms with Gasteiger partial charge < -0.3 is 4.90 Å². The molecule has 6 nitrogen and oxygen atoms in total. The lowest BCUT2D eigenvalue weighted by atomic mass is 10.0. The zero-order valence-electron chi connectivity index (χ0n) is 11.8. The van der Waals surface area contributed by atoms with Gasteiger partial charge in [0.2, 0.25) is 0 Å². The molecule has 1 saturated heterocycles. The number of nitrogens with zero attached hydrogens (tertiary/aromatic N) is 2. The molecule has 116 valence electrons. The maximum atomic E-state index is 12.7. The highest BCUT2D eigenvalue weighted by Gasteiger charge is 2.38. The summed E-state index contributed by atoms with van der Waals surface area (Å²) in [6.45, 7) is 2.60. The molecule has 1 N–H and O–H groups in total. The Morgan fingerprint density at radius 1 is 1.33 bits per heavy atom. The number of aromatic amines is 1. The summed E-state index contributed by atoms with van der Waals surface area (Å²) in [5.41, 5.74) is 0.429. The van der Waals surface area contributed by atoms with E-state index in [-0.39, 0.29) is 28.5 Å². The van der Waals surface area contributed by atoms with Crippen molar-refractivity contribution in [1.29, 1.82) is 0 Å². The number of nitrogens with one attached hydrogen (secondary N) is 1. The van der Waals surface area contributed by atoms with Crippen molar-refractivity contribution in [1.82, 2.24) is 15.1 Å². The van der Waals surface area contributed by atoms with Gasteiger partial charge in [0.15, 0.2) is 5.69 Å². The van der Waals surface area contributed by atoms with E-state index in [1.807, 2.05) is 6.92 Å². The topological polar surface area (TPSA) is 83.1 Å². The number of aromatic nitrogens is 2. The molecule has 3 rings (SSSR count). The van der Waals surface area contributed by atoms with E-state index in [0.717, 1.165) is 32.1 Å². The summed E-state index contributed by atoms with van der Waals surface area (Å²) in [7, 11) is 1.55. The van der Waals surface area contributed by atoms with Crippen molar-refractivity contribution >= 4 is 25.6 Å². The van der Waals surface area contributed by atoms with Gasteiger partial charge in [-0.3, -0.25) is 9.89 Å². The second-order valence-electron chi connectivity index (χ2n) is 5.87. The van der Waals surface area contributed by atoms with Crippen LogP contribution in [0.3, 0.4) is 0 Å². The number of likely N-dealkylation sites (tertiary alicyclic amines) is 1. The Labute approximate surface area is 128 Å². The minimum Gasteiger partial charge on any atom is -0.335 e. The van der Waals surface area contributed by atoms with Crippen molar-refractivity contribution < 1.29 is 13.2 Å². The molecule has 1 aliphatic heterocycles. The molecular weight excluding hydrogens is 314 g/mol. The predicted octanol–water partition coefficient (Wildman–Crippen LogP) is 2.23. The largest absolute Gasteiger partial charge is 0.335 e. The van der Waals surface area contributed by atoms with Crippen LogP contribution in [0.1, 0.15) is 61.1 Å². The van der Waals surface area contributed by atoms with E-state index in [9.17, 15) is 13.2 Å². The normalized spacial score (nSPS) is 23.3. The smallest absolute Gasteiger partial charge is 0.276 e. The van der Waals surface area contributed by atoms with Gasteiger partial charge in [-0.2, -0.15) is 5.10 Å². The Hall–Kier alpha value is -1.08. The molecule has 0 radical (unpaired) electrons. The number of rotatable bonds is 3. The molecular formula is C13H18ClN3O3S. The van der Waals surface area contributed by atoms with Gasteiger partial charge in [0.05, 0.1) is 5.69 Å². The monoisotopic (exact) mass is 331 g/mol. The molecule has 2 aliphatic rings. The van der Waals surface area contributed by atoms with Crippen LogP contribution in [0.2, 0.25) is 0 Å². The number of H-pyrrole nitrogens is 1. The standard InChI is InChI=1S/C13H18ClN3O3S/c1-8-4-2-3-7-17(8)13(18)11-12(21(14,19)20)10(15-16-11)9-5-6-9/h8-9H,2-7H2,1H3,(H,15,16). The van der Waals surface area contributed by atoms with Crippen molar-refractivity contribution in [3.63, 3.8) is 0 Å². The predicted molar refractivity (Wildman–Crippen MR) is 78.0 cm³/mol. The molecule has 1 aromatic rings. The first-order valence-electron chi connectivity index (χ1n) is 7.23. The lowest BCUT2D eigenvalue weighted by Crippen LogP contribution is -2.42. The van der Waals surface area contributed by atoms with E-state index in [4.69, 9.17) is 10.7 Å². The Bertz CT molecular complexity index is 666. The van der Waals surface area contributed by atoms with Crippen LogP contribution < -0.4 is 0 Å². The van der Waals surface area contributed by atoms with Crippen molar-refractivity contribution in [3.05, 3.63) is 11.4 Å². The number of hydrogen-bond donors (Lipinski definition) is 1. The Morgan fingerprint density at radius 2 is 2.05 bits per heavy atom. The molecule has 1 aromatic heterocycles. The van der Waals surface area contributed by atoms with Gasteiger partial charge in [-0.05, 0) is 39.0 Å². The maximum absolute atomic E-state index is 12.7. The molecule has 1 aliphatic carbocycles.